The molecule has 8 bridgehead atoms. The zero-order valence-corrected chi connectivity index (χ0v) is 36.8. The fourth-order valence-electron chi connectivity index (χ4n) is 7.74. The van der Waals surface area contributed by atoms with Crippen LogP contribution >= 0.6 is 0 Å². The number of rotatable bonds is 17. The Labute approximate surface area is 359 Å². The van der Waals surface area contributed by atoms with E-state index >= 15 is 0 Å². The van der Waals surface area contributed by atoms with E-state index < -0.39 is 18.0 Å². The summed E-state index contributed by atoms with van der Waals surface area (Å²) in [5.41, 5.74) is 15.3. The number of carbonyl (C=O) groups excluding carboxylic acids is 2. The summed E-state index contributed by atoms with van der Waals surface area (Å²) in [6.45, 7) is 20.4. The van der Waals surface area contributed by atoms with E-state index in [0.29, 0.717) is 57.7 Å². The standard InChI is InChI=1S/C49H60N4O5.Fe/c1-10-35-31(6)40-26-45-49(46(54)19-13-18-30(5)17-12-16-29(4)15-11-14-28(2)3)34(9)41(53-45)24-38-32(7)36(20-22-47(55)56)43(51-38)27-44-37(21-23-48(57)58)33(8)39(52-44)25-42(35)50-40;/h10,14,16,18,24-27,46,54H,1,11-13,15,17,19-23H2,2-9H3,(H4,50,51,52,53,55,56,57,58);/q;+2/p-4/b29-16+,30-18+,38-24?,39-25?,40-26?,41-24?,42-25?,43-27?,44-27?,45-26?;/t46-;/m0./s1. The van der Waals surface area contributed by atoms with Crippen LogP contribution in [0.2, 0.25) is 0 Å². The molecule has 0 radical (unpaired) electrons. The van der Waals surface area contributed by atoms with Crippen molar-refractivity contribution in [2.75, 3.05) is 0 Å². The predicted octanol–water partition coefficient (Wildman–Crippen LogP) is 8.68. The maximum Gasteiger partial charge on any atom is 2.00 e. The van der Waals surface area contributed by atoms with Crippen molar-refractivity contribution in [3.8, 4) is 0 Å². The molecule has 312 valence electrons. The number of nitrogens with zero attached hydrogens (tertiary/aromatic N) is 4. The number of aliphatic hydroxyl groups is 1. The molecule has 59 heavy (non-hydrogen) atoms. The van der Waals surface area contributed by atoms with Crippen LogP contribution in [0.25, 0.3) is 44.4 Å². The molecule has 0 saturated carbocycles. The first-order valence-electron chi connectivity index (χ1n) is 20.3. The van der Waals surface area contributed by atoms with Gasteiger partial charge in [0.1, 0.15) is 0 Å². The first kappa shape index (κ1) is 46.7. The summed E-state index contributed by atoms with van der Waals surface area (Å²) in [7, 11) is 0. The normalized spacial score (nSPS) is 13.7. The van der Waals surface area contributed by atoms with Crippen LogP contribution in [0.4, 0.5) is 0 Å². The second-order valence-electron chi connectivity index (χ2n) is 15.9. The minimum absolute atomic E-state index is 0. The first-order chi connectivity index (χ1) is 27.6. The number of carboxylic acid groups (broad SMARTS) is 2. The van der Waals surface area contributed by atoms with E-state index in [1.807, 2.05) is 45.9 Å². The molecule has 0 fully saturated rings. The topological polar surface area (TPSA) is 154 Å². The number of carbonyl (C=O) groups is 2. The number of hydrogen-bond acceptors (Lipinski definition) is 7. The van der Waals surface area contributed by atoms with E-state index in [4.69, 9.17) is 19.9 Å². The molecule has 2 aliphatic heterocycles. The first-order valence-corrected chi connectivity index (χ1v) is 20.3. The number of allylic oxidation sites excluding steroid dienone is 11. The summed E-state index contributed by atoms with van der Waals surface area (Å²) in [5, 5.41) is 35.1. The van der Waals surface area contributed by atoms with Crippen molar-refractivity contribution in [3.05, 3.63) is 117 Å². The molecule has 0 aliphatic carbocycles. The van der Waals surface area contributed by atoms with Crippen LogP contribution in [0.5, 0.6) is 0 Å². The minimum Gasteiger partial charge on any atom is -0.657 e. The van der Waals surface area contributed by atoms with E-state index in [1.165, 1.54) is 16.7 Å². The third-order valence-corrected chi connectivity index (χ3v) is 11.2. The fraction of sp³-hybridized carbons (Fsp3) is 0.388. The second-order valence-corrected chi connectivity index (χ2v) is 15.9. The smallest absolute Gasteiger partial charge is 0.657 e. The number of aryl methyl sites for hydroxylation is 3. The number of aliphatic carboxylic acids is 2. The molecule has 0 aromatic carbocycles. The van der Waals surface area contributed by atoms with Crippen molar-refractivity contribution in [2.24, 2.45) is 0 Å². The Morgan fingerprint density at radius 2 is 1.22 bits per heavy atom. The van der Waals surface area contributed by atoms with Gasteiger partial charge in [-0.2, -0.15) is 0 Å². The number of aromatic nitrogens is 4. The van der Waals surface area contributed by atoms with E-state index in [1.54, 1.807) is 12.1 Å². The number of hydrogen-bond donors (Lipinski definition) is 1. The molecular weight excluding hydrogens is 780 g/mol. The number of fused-ring (bicyclic) bond motifs is 8. The van der Waals surface area contributed by atoms with Gasteiger partial charge in [-0.1, -0.05) is 88.6 Å². The Balaban J connectivity index is 0.00000769. The third kappa shape index (κ3) is 11.6. The van der Waals surface area contributed by atoms with Crippen molar-refractivity contribution < 1.29 is 42.0 Å². The Kier molecular flexibility index (Phi) is 16.4. The van der Waals surface area contributed by atoms with Crippen LogP contribution in [0, 0.1) is 13.8 Å². The molecular formula is C49H56FeN4O5-2. The van der Waals surface area contributed by atoms with Crippen molar-refractivity contribution in [1.82, 2.24) is 19.9 Å². The predicted molar refractivity (Wildman–Crippen MR) is 231 cm³/mol. The molecule has 10 heteroatoms. The van der Waals surface area contributed by atoms with Gasteiger partial charge in [-0.15, -0.1) is 22.1 Å². The molecule has 1 atom stereocenters. The van der Waals surface area contributed by atoms with Crippen molar-refractivity contribution >= 4 is 56.3 Å². The average Bonchev–Trinajstić information content (AvgIpc) is 3.82. The van der Waals surface area contributed by atoms with Crippen LogP contribution in [0.15, 0.2) is 71.9 Å². The maximum atomic E-state index is 11.9. The van der Waals surface area contributed by atoms with Gasteiger partial charge in [0.2, 0.25) is 0 Å². The number of carboxylic acids is 2. The van der Waals surface area contributed by atoms with E-state index in [2.05, 4.69) is 52.5 Å². The molecule has 1 N–H and O–H groups in total. The maximum absolute atomic E-state index is 11.9. The fourth-order valence-corrected chi connectivity index (χ4v) is 7.74. The summed E-state index contributed by atoms with van der Waals surface area (Å²) < 4.78 is 0. The van der Waals surface area contributed by atoms with Gasteiger partial charge in [-0.25, -0.2) is 9.97 Å². The van der Waals surface area contributed by atoms with Gasteiger partial charge >= 0.3 is 17.1 Å². The summed E-state index contributed by atoms with van der Waals surface area (Å²) >= 11 is 0. The molecule has 3 aromatic heterocycles. The molecule has 0 unspecified atom stereocenters. The van der Waals surface area contributed by atoms with E-state index in [-0.39, 0.29) is 42.8 Å². The quantitative estimate of drug-likeness (QED) is 0.104. The Morgan fingerprint density at radius 3 is 1.86 bits per heavy atom. The Hall–Kier alpha value is -5.02. The van der Waals surface area contributed by atoms with Crippen LogP contribution in [-0.4, -0.2) is 27.0 Å². The summed E-state index contributed by atoms with van der Waals surface area (Å²) in [6, 6.07) is 7.48. The van der Waals surface area contributed by atoms with E-state index in [9.17, 15) is 24.9 Å². The molecule has 3 aromatic rings. The van der Waals surface area contributed by atoms with Gasteiger partial charge in [-0.05, 0) is 142 Å². The third-order valence-electron chi connectivity index (χ3n) is 11.2. The van der Waals surface area contributed by atoms with Gasteiger partial charge in [0.25, 0.3) is 0 Å². The molecule has 5 rings (SSSR count). The minimum atomic E-state index is -1.17. The van der Waals surface area contributed by atoms with Crippen LogP contribution in [0.1, 0.15) is 150 Å². The average molecular weight is 837 g/mol. The van der Waals surface area contributed by atoms with Crippen LogP contribution in [-0.2, 0) is 33.1 Å². The number of aliphatic hydroxyl groups excluding tert-OH is 1. The Morgan fingerprint density at radius 1 is 0.695 bits per heavy atom. The van der Waals surface area contributed by atoms with E-state index in [0.717, 1.165) is 70.2 Å². The van der Waals surface area contributed by atoms with Crippen molar-refractivity contribution in [2.45, 2.75) is 126 Å². The largest absolute Gasteiger partial charge is 2.00 e. The van der Waals surface area contributed by atoms with Crippen LogP contribution in [0.3, 0.4) is 0 Å². The Bertz CT molecular complexity index is 2430. The molecule has 9 nitrogen and oxygen atoms in total. The van der Waals surface area contributed by atoms with Gasteiger partial charge in [0.15, 0.2) is 0 Å². The van der Waals surface area contributed by atoms with Gasteiger partial charge in [0.05, 0.1) is 28.9 Å². The summed E-state index contributed by atoms with van der Waals surface area (Å²) in [5.74, 6) is -2.34. The van der Waals surface area contributed by atoms with Crippen molar-refractivity contribution in [3.63, 3.8) is 0 Å². The zero-order valence-electron chi connectivity index (χ0n) is 35.7. The molecule has 0 amide bonds. The molecule has 0 spiro atoms. The SMILES string of the molecule is C=CC1=C(C)c2cc3[n-]c(cc4nc(cc5[n-]c(cc1n2)c(C)c5CCC(=O)[O-])C(CCC(=O)[O-])=C4C)c(C)c3[C@@H](O)CC/C=C(\C)CC/C=C(\C)CCC=C(C)C.[Fe+2]. The van der Waals surface area contributed by atoms with Crippen LogP contribution < -0.4 is 20.2 Å². The van der Waals surface area contributed by atoms with Gasteiger partial charge in [-0.3, -0.25) is 0 Å². The zero-order chi connectivity index (χ0) is 42.3. The summed E-state index contributed by atoms with van der Waals surface area (Å²) in [4.78, 5) is 43.3. The van der Waals surface area contributed by atoms with Crippen molar-refractivity contribution in [1.29, 1.82) is 0 Å². The molecule has 2 aliphatic rings. The second kappa shape index (κ2) is 20.8. The monoisotopic (exact) mass is 836 g/mol. The molecule has 5 heterocycles. The molecule has 0 saturated heterocycles. The van der Waals surface area contributed by atoms with Gasteiger partial charge in [0, 0.05) is 17.5 Å². The summed E-state index contributed by atoms with van der Waals surface area (Å²) in [6.07, 6.45) is 13.1. The van der Waals surface area contributed by atoms with Gasteiger partial charge < -0.3 is 34.9 Å².